The molecule has 0 radical (unpaired) electrons. The molecule has 1 atom stereocenters. The average molecular weight is 409 g/mol. The molecule has 0 spiro atoms. The Kier molecular flexibility index (Phi) is 5.74. The third kappa shape index (κ3) is 3.83. The number of nitrogens with zero attached hydrogens (tertiary/aromatic N) is 1. The van der Waals surface area contributed by atoms with Gasteiger partial charge in [0.05, 0.1) is 7.11 Å². The molecule has 1 amide bonds. The molecule has 0 saturated carbocycles. The van der Waals surface area contributed by atoms with Crippen LogP contribution in [0, 0.1) is 5.92 Å². The van der Waals surface area contributed by atoms with Crippen molar-refractivity contribution in [3.8, 4) is 16.9 Å². The Bertz CT molecular complexity index is 1050. The van der Waals surface area contributed by atoms with Crippen molar-refractivity contribution in [3.63, 3.8) is 0 Å². The minimum absolute atomic E-state index is 0.0719. The van der Waals surface area contributed by atoms with E-state index >= 15 is 0 Å². The van der Waals surface area contributed by atoms with Crippen LogP contribution < -0.4 is 10.5 Å². The van der Waals surface area contributed by atoms with Crippen LogP contribution in [-0.4, -0.2) is 37.6 Å². The van der Waals surface area contributed by atoms with E-state index in [0.29, 0.717) is 17.5 Å². The zero-order valence-electron chi connectivity index (χ0n) is 16.5. The number of amides is 1. The van der Waals surface area contributed by atoms with Gasteiger partial charge in [-0.05, 0) is 65.9 Å². The number of carbonyl (C=O) groups is 1. The summed E-state index contributed by atoms with van der Waals surface area (Å²) in [5, 5.41) is 2.58. The minimum atomic E-state index is 0.0719. The van der Waals surface area contributed by atoms with E-state index in [-0.39, 0.29) is 5.91 Å². The van der Waals surface area contributed by atoms with E-state index in [1.165, 1.54) is 0 Å². The number of methoxy groups -OCH3 is 1. The molecule has 1 fully saturated rings. The second-order valence-corrected chi connectivity index (χ2v) is 7.95. The van der Waals surface area contributed by atoms with Gasteiger partial charge >= 0.3 is 0 Å². The number of piperidine rings is 1. The van der Waals surface area contributed by atoms with Crippen molar-refractivity contribution in [2.45, 2.75) is 12.8 Å². The fourth-order valence-electron chi connectivity index (χ4n) is 4.18. The molecule has 1 saturated heterocycles. The number of ether oxygens (including phenoxy) is 1. The van der Waals surface area contributed by atoms with Gasteiger partial charge in [0.2, 0.25) is 0 Å². The van der Waals surface area contributed by atoms with Crippen molar-refractivity contribution in [1.29, 1.82) is 0 Å². The highest BCUT2D eigenvalue weighted by atomic mass is 35.5. The van der Waals surface area contributed by atoms with Crippen molar-refractivity contribution < 1.29 is 9.53 Å². The van der Waals surface area contributed by atoms with Gasteiger partial charge < -0.3 is 15.4 Å². The van der Waals surface area contributed by atoms with E-state index in [0.717, 1.165) is 59.1 Å². The van der Waals surface area contributed by atoms with Crippen LogP contribution in [0.15, 0.2) is 54.6 Å². The zero-order valence-corrected chi connectivity index (χ0v) is 17.3. The van der Waals surface area contributed by atoms with Crippen LogP contribution in [-0.2, 0) is 0 Å². The maximum absolute atomic E-state index is 13.3. The molecule has 1 unspecified atom stereocenters. The second kappa shape index (κ2) is 8.44. The summed E-state index contributed by atoms with van der Waals surface area (Å²) in [4.78, 5) is 15.3. The predicted molar refractivity (Wildman–Crippen MR) is 119 cm³/mol. The van der Waals surface area contributed by atoms with Crippen LogP contribution in [0.4, 0.5) is 0 Å². The van der Waals surface area contributed by atoms with Gasteiger partial charge in [0.1, 0.15) is 5.75 Å². The highest BCUT2D eigenvalue weighted by molar-refractivity contribution is 6.34. The summed E-state index contributed by atoms with van der Waals surface area (Å²) in [6.45, 7) is 2.14. The summed E-state index contributed by atoms with van der Waals surface area (Å²) >= 11 is 6.50. The number of rotatable bonds is 4. The van der Waals surface area contributed by atoms with Crippen LogP contribution in [0.25, 0.3) is 21.9 Å². The Labute approximate surface area is 176 Å². The Morgan fingerprint density at radius 3 is 2.72 bits per heavy atom. The van der Waals surface area contributed by atoms with Crippen molar-refractivity contribution in [3.05, 3.63) is 65.2 Å². The van der Waals surface area contributed by atoms with Crippen LogP contribution in [0.1, 0.15) is 23.2 Å². The van der Waals surface area contributed by atoms with Gasteiger partial charge in [0, 0.05) is 29.2 Å². The number of nitrogens with two attached hydrogens (primary N) is 1. The molecule has 29 heavy (non-hydrogen) atoms. The molecule has 2 N–H and O–H groups in total. The molecule has 1 heterocycles. The fraction of sp³-hybridized carbons (Fsp3) is 0.292. The summed E-state index contributed by atoms with van der Waals surface area (Å²) in [6, 6.07) is 17.5. The molecule has 150 valence electrons. The topological polar surface area (TPSA) is 55.6 Å². The van der Waals surface area contributed by atoms with Gasteiger partial charge in [0.25, 0.3) is 5.91 Å². The smallest absolute Gasteiger partial charge is 0.254 e. The maximum atomic E-state index is 13.3. The van der Waals surface area contributed by atoms with Gasteiger partial charge in [-0.15, -0.1) is 0 Å². The first-order valence-corrected chi connectivity index (χ1v) is 10.3. The SMILES string of the molecule is COc1ccc(Cl)c(-c2cccc3c(C(=O)N4CCCC(CN)C4)cccc23)c1. The third-order valence-corrected chi connectivity index (χ3v) is 6.09. The van der Waals surface area contributed by atoms with E-state index in [2.05, 4.69) is 0 Å². The zero-order chi connectivity index (χ0) is 20.4. The third-order valence-electron chi connectivity index (χ3n) is 5.76. The monoisotopic (exact) mass is 408 g/mol. The number of halogens is 1. The van der Waals surface area contributed by atoms with Crippen molar-refractivity contribution in [1.82, 2.24) is 4.90 Å². The summed E-state index contributed by atoms with van der Waals surface area (Å²) in [5.41, 5.74) is 8.46. The first-order chi connectivity index (χ1) is 14.1. The lowest BCUT2D eigenvalue weighted by molar-refractivity contribution is 0.0680. The summed E-state index contributed by atoms with van der Waals surface area (Å²) in [5.74, 6) is 1.20. The first-order valence-electron chi connectivity index (χ1n) is 9.97. The highest BCUT2D eigenvalue weighted by Gasteiger charge is 2.25. The number of fused-ring (bicyclic) bond motifs is 1. The molecule has 3 aromatic carbocycles. The quantitative estimate of drug-likeness (QED) is 0.662. The van der Waals surface area contributed by atoms with Gasteiger partial charge in [-0.2, -0.15) is 0 Å². The van der Waals surface area contributed by atoms with Gasteiger partial charge in [-0.25, -0.2) is 0 Å². The molecule has 0 aromatic heterocycles. The summed E-state index contributed by atoms with van der Waals surface area (Å²) in [7, 11) is 1.64. The standard InChI is InChI=1S/C24H25ClN2O2/c1-29-17-10-11-23(25)22(13-17)20-8-2-7-19-18(20)6-3-9-21(19)24(28)27-12-4-5-16(14-26)15-27/h2-3,6-11,13,16H,4-5,12,14-15,26H2,1H3. The van der Waals surface area contributed by atoms with Crippen LogP contribution in [0.2, 0.25) is 5.02 Å². The lowest BCUT2D eigenvalue weighted by atomic mass is 9.93. The van der Waals surface area contributed by atoms with E-state index in [1.807, 2.05) is 59.5 Å². The lowest BCUT2D eigenvalue weighted by Crippen LogP contribution is -2.42. The molecule has 3 aromatic rings. The number of hydrogen-bond acceptors (Lipinski definition) is 3. The van der Waals surface area contributed by atoms with Crippen molar-refractivity contribution >= 4 is 28.3 Å². The molecule has 1 aliphatic heterocycles. The Hall–Kier alpha value is -2.56. The number of likely N-dealkylation sites (tertiary alicyclic amines) is 1. The van der Waals surface area contributed by atoms with E-state index < -0.39 is 0 Å². The van der Waals surface area contributed by atoms with Crippen molar-refractivity contribution in [2.75, 3.05) is 26.7 Å². The lowest BCUT2D eigenvalue weighted by Gasteiger charge is -2.32. The molecule has 0 bridgehead atoms. The minimum Gasteiger partial charge on any atom is -0.497 e. The molecule has 5 heteroatoms. The molecular formula is C24H25ClN2O2. The van der Waals surface area contributed by atoms with Crippen LogP contribution >= 0.6 is 11.6 Å². The largest absolute Gasteiger partial charge is 0.497 e. The number of carbonyl (C=O) groups excluding carboxylic acids is 1. The molecule has 4 rings (SSSR count). The van der Waals surface area contributed by atoms with Gasteiger partial charge in [0.15, 0.2) is 0 Å². The average Bonchev–Trinajstić information content (AvgIpc) is 2.78. The number of hydrogen-bond donors (Lipinski definition) is 1. The Morgan fingerprint density at radius 2 is 1.93 bits per heavy atom. The van der Waals surface area contributed by atoms with Crippen molar-refractivity contribution in [2.24, 2.45) is 11.7 Å². The van der Waals surface area contributed by atoms with Crippen LogP contribution in [0.5, 0.6) is 5.75 Å². The summed E-state index contributed by atoms with van der Waals surface area (Å²) in [6.07, 6.45) is 2.09. The van der Waals surface area contributed by atoms with E-state index in [1.54, 1.807) is 7.11 Å². The van der Waals surface area contributed by atoms with Gasteiger partial charge in [-0.3, -0.25) is 4.79 Å². The molecule has 0 aliphatic carbocycles. The second-order valence-electron chi connectivity index (χ2n) is 7.55. The fourth-order valence-corrected chi connectivity index (χ4v) is 4.40. The van der Waals surface area contributed by atoms with E-state index in [9.17, 15) is 4.79 Å². The Balaban J connectivity index is 1.79. The van der Waals surface area contributed by atoms with Crippen LogP contribution in [0.3, 0.4) is 0 Å². The van der Waals surface area contributed by atoms with Gasteiger partial charge in [-0.1, -0.05) is 41.9 Å². The number of benzene rings is 3. The highest BCUT2D eigenvalue weighted by Crippen LogP contribution is 2.37. The summed E-state index contributed by atoms with van der Waals surface area (Å²) < 4.78 is 5.38. The Morgan fingerprint density at radius 1 is 1.14 bits per heavy atom. The molecule has 4 nitrogen and oxygen atoms in total. The maximum Gasteiger partial charge on any atom is 0.254 e. The molecular weight excluding hydrogens is 384 g/mol. The first kappa shape index (κ1) is 19.7. The molecule has 1 aliphatic rings. The normalized spacial score (nSPS) is 16.8. The predicted octanol–water partition coefficient (Wildman–Crippen LogP) is 4.98. The van der Waals surface area contributed by atoms with E-state index in [4.69, 9.17) is 22.1 Å².